The van der Waals surface area contributed by atoms with Gasteiger partial charge < -0.3 is 4.74 Å². The van der Waals surface area contributed by atoms with Crippen LogP contribution >= 0.6 is 0 Å². The van der Waals surface area contributed by atoms with Gasteiger partial charge >= 0.3 is 0 Å². The first-order chi connectivity index (χ1) is 11.1. The van der Waals surface area contributed by atoms with Crippen molar-refractivity contribution in [1.29, 1.82) is 0 Å². The zero-order chi connectivity index (χ0) is 16.2. The van der Waals surface area contributed by atoms with Crippen molar-refractivity contribution in [3.63, 3.8) is 0 Å². The fraction of sp³-hybridized carbons (Fsp3) is 0.125. The minimum Gasteiger partial charge on any atom is -0.485 e. The number of H-pyrrole nitrogens is 1. The number of aromatic nitrogens is 3. The Hall–Kier alpha value is -3.22. The van der Waals surface area contributed by atoms with Gasteiger partial charge in [0.05, 0.1) is 11.0 Å². The van der Waals surface area contributed by atoms with Crippen LogP contribution in [0.1, 0.15) is 11.4 Å². The normalized spacial score (nSPS) is 10.5. The Labute approximate surface area is 132 Å². The van der Waals surface area contributed by atoms with E-state index in [1.165, 1.54) is 12.1 Å². The number of aromatic amines is 1. The maximum Gasteiger partial charge on any atom is 0.273 e. The van der Waals surface area contributed by atoms with Gasteiger partial charge in [-0.25, -0.2) is 4.98 Å². The van der Waals surface area contributed by atoms with E-state index in [4.69, 9.17) is 4.74 Å². The van der Waals surface area contributed by atoms with E-state index in [1.54, 1.807) is 12.1 Å². The molecule has 0 aliphatic heterocycles. The summed E-state index contributed by atoms with van der Waals surface area (Å²) in [6, 6.07) is 13.9. The molecule has 1 N–H and O–H groups in total. The number of nitrogens with zero attached hydrogens (tertiary/aromatic N) is 3. The minimum atomic E-state index is -0.461. The van der Waals surface area contributed by atoms with Gasteiger partial charge in [0, 0.05) is 11.6 Å². The number of aryl methyl sites for hydroxylation is 1. The van der Waals surface area contributed by atoms with Crippen molar-refractivity contribution in [2.24, 2.45) is 0 Å². The molecule has 0 radical (unpaired) electrons. The average Bonchev–Trinajstić information content (AvgIpc) is 3.02. The lowest BCUT2D eigenvalue weighted by molar-refractivity contribution is -0.384. The lowest BCUT2D eigenvalue weighted by atomic mass is 10.1. The monoisotopic (exact) mass is 310 g/mol. The Balaban J connectivity index is 1.70. The van der Waals surface area contributed by atoms with E-state index in [9.17, 15) is 10.1 Å². The quantitative estimate of drug-likeness (QED) is 0.576. The fourth-order valence-corrected chi connectivity index (χ4v) is 2.11. The van der Waals surface area contributed by atoms with Gasteiger partial charge in [-0.1, -0.05) is 29.8 Å². The topological polar surface area (TPSA) is 93.9 Å². The van der Waals surface area contributed by atoms with Crippen LogP contribution in [0.15, 0.2) is 48.5 Å². The lowest BCUT2D eigenvalue weighted by Crippen LogP contribution is -1.98. The number of hydrogen-bond acceptors (Lipinski definition) is 5. The molecule has 0 unspecified atom stereocenters. The summed E-state index contributed by atoms with van der Waals surface area (Å²) in [5.41, 5.74) is 2.03. The first kappa shape index (κ1) is 14.7. The van der Waals surface area contributed by atoms with Gasteiger partial charge in [0.25, 0.3) is 5.69 Å². The summed E-state index contributed by atoms with van der Waals surface area (Å²) in [6.07, 6.45) is 0. The van der Waals surface area contributed by atoms with E-state index < -0.39 is 4.92 Å². The molecule has 0 amide bonds. The summed E-state index contributed by atoms with van der Waals surface area (Å²) < 4.78 is 5.52. The highest BCUT2D eigenvalue weighted by molar-refractivity contribution is 5.55. The average molecular weight is 310 g/mol. The van der Waals surface area contributed by atoms with Crippen molar-refractivity contribution in [3.05, 3.63) is 70.0 Å². The number of rotatable bonds is 5. The van der Waals surface area contributed by atoms with Crippen molar-refractivity contribution < 1.29 is 9.66 Å². The third kappa shape index (κ3) is 3.52. The molecule has 1 heterocycles. The molecule has 0 bridgehead atoms. The van der Waals surface area contributed by atoms with Crippen molar-refractivity contribution >= 4 is 5.69 Å². The van der Waals surface area contributed by atoms with E-state index >= 15 is 0 Å². The van der Waals surface area contributed by atoms with Gasteiger partial charge in [-0.05, 0) is 19.1 Å². The molecule has 0 saturated carbocycles. The molecule has 0 fully saturated rings. The van der Waals surface area contributed by atoms with Crippen LogP contribution < -0.4 is 4.74 Å². The van der Waals surface area contributed by atoms with Gasteiger partial charge in [0.1, 0.15) is 12.4 Å². The van der Waals surface area contributed by atoms with Crippen LogP contribution in [0.5, 0.6) is 5.75 Å². The zero-order valence-electron chi connectivity index (χ0n) is 12.4. The molecular formula is C16H14N4O3. The lowest BCUT2D eigenvalue weighted by Gasteiger charge is -2.03. The highest BCUT2D eigenvalue weighted by Gasteiger charge is 2.09. The molecule has 7 nitrogen and oxygen atoms in total. The second-order valence-corrected chi connectivity index (χ2v) is 5.02. The highest BCUT2D eigenvalue weighted by Crippen LogP contribution is 2.20. The SMILES string of the molecule is Cc1cccc(-c2n[nH]c(COc3cccc([N+](=O)[O-])c3)n2)c1. The highest BCUT2D eigenvalue weighted by atomic mass is 16.6. The van der Waals surface area contributed by atoms with E-state index in [2.05, 4.69) is 15.2 Å². The molecule has 2 aromatic carbocycles. The van der Waals surface area contributed by atoms with Crippen LogP contribution in [0.25, 0.3) is 11.4 Å². The van der Waals surface area contributed by atoms with Crippen LogP contribution in [0.2, 0.25) is 0 Å². The van der Waals surface area contributed by atoms with E-state index in [-0.39, 0.29) is 12.3 Å². The number of hydrogen-bond donors (Lipinski definition) is 1. The number of benzene rings is 2. The maximum atomic E-state index is 10.7. The number of nitro benzene ring substituents is 1. The summed E-state index contributed by atoms with van der Waals surface area (Å²) >= 11 is 0. The minimum absolute atomic E-state index is 0.0134. The molecule has 0 aliphatic carbocycles. The predicted molar refractivity (Wildman–Crippen MR) is 84.0 cm³/mol. The number of nitro groups is 1. The van der Waals surface area contributed by atoms with Gasteiger partial charge in [0.2, 0.25) is 0 Å². The molecule has 1 aromatic heterocycles. The van der Waals surface area contributed by atoms with Crippen LogP contribution in [-0.4, -0.2) is 20.1 Å². The smallest absolute Gasteiger partial charge is 0.273 e. The van der Waals surface area contributed by atoms with Crippen molar-refractivity contribution in [1.82, 2.24) is 15.2 Å². The standard InChI is InChI=1S/C16H14N4O3/c1-11-4-2-5-12(8-11)16-17-15(18-19-16)10-23-14-7-3-6-13(9-14)20(21)22/h2-9H,10H2,1H3,(H,17,18,19). The number of ether oxygens (including phenoxy) is 1. The summed E-state index contributed by atoms with van der Waals surface area (Å²) in [4.78, 5) is 14.6. The van der Waals surface area contributed by atoms with E-state index in [1.807, 2.05) is 31.2 Å². The molecule has 0 saturated heterocycles. The molecule has 23 heavy (non-hydrogen) atoms. The molecule has 3 aromatic rings. The third-order valence-electron chi connectivity index (χ3n) is 3.21. The molecule has 0 atom stereocenters. The largest absolute Gasteiger partial charge is 0.485 e. The van der Waals surface area contributed by atoms with Gasteiger partial charge in [-0.2, -0.15) is 5.10 Å². The molecule has 7 heteroatoms. The first-order valence-corrected chi connectivity index (χ1v) is 6.97. The second-order valence-electron chi connectivity index (χ2n) is 5.02. The Morgan fingerprint density at radius 3 is 2.83 bits per heavy atom. The fourth-order valence-electron chi connectivity index (χ4n) is 2.11. The van der Waals surface area contributed by atoms with Crippen LogP contribution in [0.3, 0.4) is 0 Å². The van der Waals surface area contributed by atoms with Gasteiger partial charge in [0.15, 0.2) is 11.6 Å². The van der Waals surface area contributed by atoms with Gasteiger partial charge in [-0.3, -0.25) is 15.2 Å². The molecule has 116 valence electrons. The van der Waals surface area contributed by atoms with E-state index in [0.717, 1.165) is 11.1 Å². The van der Waals surface area contributed by atoms with Crippen LogP contribution in [-0.2, 0) is 6.61 Å². The summed E-state index contributed by atoms with van der Waals surface area (Å²) in [7, 11) is 0. The number of nitrogens with one attached hydrogen (secondary N) is 1. The maximum absolute atomic E-state index is 10.7. The third-order valence-corrected chi connectivity index (χ3v) is 3.21. The van der Waals surface area contributed by atoms with Crippen molar-refractivity contribution in [2.45, 2.75) is 13.5 Å². The Morgan fingerprint density at radius 2 is 2.04 bits per heavy atom. The molecule has 0 aliphatic rings. The molecule has 0 spiro atoms. The molecular weight excluding hydrogens is 296 g/mol. The Bertz CT molecular complexity index is 845. The van der Waals surface area contributed by atoms with Crippen LogP contribution in [0, 0.1) is 17.0 Å². The number of non-ortho nitro benzene ring substituents is 1. The second kappa shape index (κ2) is 6.27. The Kier molecular flexibility index (Phi) is 4.01. The van der Waals surface area contributed by atoms with Gasteiger partial charge in [-0.15, -0.1) is 0 Å². The molecule has 3 rings (SSSR count). The van der Waals surface area contributed by atoms with Crippen molar-refractivity contribution in [3.8, 4) is 17.1 Å². The van der Waals surface area contributed by atoms with Crippen molar-refractivity contribution in [2.75, 3.05) is 0 Å². The summed E-state index contributed by atoms with van der Waals surface area (Å²) in [5.74, 6) is 1.55. The van der Waals surface area contributed by atoms with Crippen LogP contribution in [0.4, 0.5) is 5.69 Å². The Morgan fingerprint density at radius 1 is 1.22 bits per heavy atom. The predicted octanol–water partition coefficient (Wildman–Crippen LogP) is 3.27. The summed E-state index contributed by atoms with van der Waals surface area (Å²) in [6.45, 7) is 2.16. The zero-order valence-corrected chi connectivity index (χ0v) is 12.4. The summed E-state index contributed by atoms with van der Waals surface area (Å²) in [5, 5.41) is 17.7. The first-order valence-electron chi connectivity index (χ1n) is 6.97. The van der Waals surface area contributed by atoms with E-state index in [0.29, 0.717) is 17.4 Å².